The summed E-state index contributed by atoms with van der Waals surface area (Å²) in [5, 5.41) is 0. The summed E-state index contributed by atoms with van der Waals surface area (Å²) in [5.74, 6) is -0.552. The molecule has 0 aliphatic heterocycles. The minimum Gasteiger partial charge on any atom is -0.423 e. The molecule has 0 amide bonds. The van der Waals surface area contributed by atoms with E-state index in [1.807, 2.05) is 39.8 Å². The smallest absolute Gasteiger partial charge is 0.340 e. The Hall–Kier alpha value is -2.88. The van der Waals surface area contributed by atoms with Crippen LogP contribution in [0.4, 0.5) is 0 Å². The van der Waals surface area contributed by atoms with Gasteiger partial charge >= 0.3 is 11.9 Å². The average Bonchev–Trinajstić information content (AvgIpc) is 2.60. The average molecular weight is 352 g/mol. The zero-order valence-corrected chi connectivity index (χ0v) is 15.6. The fraction of sp³-hybridized carbons (Fsp3) is 0.273. The van der Waals surface area contributed by atoms with E-state index in [1.165, 1.54) is 0 Å². The lowest BCUT2D eigenvalue weighted by Crippen LogP contribution is -2.25. The van der Waals surface area contributed by atoms with Gasteiger partial charge in [0.2, 0.25) is 0 Å². The second-order valence-corrected chi connectivity index (χ2v) is 6.54. The molecule has 2 aromatic carbocycles. The van der Waals surface area contributed by atoms with Gasteiger partial charge in [0.05, 0.1) is 11.1 Å². The van der Waals surface area contributed by atoms with Gasteiger partial charge in [0.15, 0.2) is 0 Å². The lowest BCUT2D eigenvalue weighted by molar-refractivity contribution is -0.134. The van der Waals surface area contributed by atoms with Crippen molar-refractivity contribution in [1.82, 2.24) is 0 Å². The van der Waals surface area contributed by atoms with Crippen LogP contribution >= 0.6 is 0 Å². The molecule has 0 radical (unpaired) electrons. The third kappa shape index (κ3) is 5.06. The molecule has 0 N–H and O–H groups in total. The molecule has 4 heteroatoms. The SMILES string of the molecule is CC(C)/C(C(=O)Oc1ccccc1)=C(\C(=O)Oc1ccccc1)C(C)C. The van der Waals surface area contributed by atoms with Gasteiger partial charge in [0.25, 0.3) is 0 Å². The number of hydrogen-bond donors (Lipinski definition) is 0. The van der Waals surface area contributed by atoms with E-state index in [-0.39, 0.29) is 11.8 Å². The highest BCUT2D eigenvalue weighted by Crippen LogP contribution is 2.26. The first-order chi connectivity index (χ1) is 12.4. The van der Waals surface area contributed by atoms with Gasteiger partial charge in [0.1, 0.15) is 11.5 Å². The highest BCUT2D eigenvalue weighted by molar-refractivity contribution is 6.02. The van der Waals surface area contributed by atoms with E-state index in [1.54, 1.807) is 48.5 Å². The summed E-state index contributed by atoms with van der Waals surface area (Å²) >= 11 is 0. The Kier molecular flexibility index (Phi) is 6.73. The largest absolute Gasteiger partial charge is 0.423 e. The van der Waals surface area contributed by atoms with E-state index in [4.69, 9.17) is 9.47 Å². The summed E-state index contributed by atoms with van der Waals surface area (Å²) in [6, 6.07) is 17.6. The van der Waals surface area contributed by atoms with Crippen LogP contribution in [0.5, 0.6) is 11.5 Å². The zero-order chi connectivity index (χ0) is 19.1. The van der Waals surface area contributed by atoms with E-state index in [0.717, 1.165) is 0 Å². The molecular weight excluding hydrogens is 328 g/mol. The molecule has 26 heavy (non-hydrogen) atoms. The first kappa shape index (κ1) is 19.4. The van der Waals surface area contributed by atoms with E-state index in [0.29, 0.717) is 22.6 Å². The molecule has 0 saturated carbocycles. The molecule has 136 valence electrons. The molecule has 0 aliphatic rings. The fourth-order valence-electron chi connectivity index (χ4n) is 2.61. The Balaban J connectivity index is 2.36. The minimum absolute atomic E-state index is 0.188. The summed E-state index contributed by atoms with van der Waals surface area (Å²) in [6.45, 7) is 7.44. The van der Waals surface area contributed by atoms with Crippen molar-refractivity contribution in [3.05, 3.63) is 71.8 Å². The maximum Gasteiger partial charge on any atom is 0.340 e. The predicted molar refractivity (Wildman–Crippen MR) is 101 cm³/mol. The Labute approximate surface area is 154 Å². The quantitative estimate of drug-likeness (QED) is 0.425. The standard InChI is InChI=1S/C22H24O4/c1-15(2)19(21(23)25-17-11-7-5-8-12-17)20(16(3)4)22(24)26-18-13-9-6-10-14-18/h5-16H,1-4H3/b20-19+. The molecule has 0 fully saturated rings. The monoisotopic (exact) mass is 352 g/mol. The summed E-state index contributed by atoms with van der Waals surface area (Å²) in [4.78, 5) is 25.5. The molecule has 2 aromatic rings. The van der Waals surface area contributed by atoms with Gasteiger partial charge in [-0.3, -0.25) is 0 Å². The highest BCUT2D eigenvalue weighted by atomic mass is 16.5. The summed E-state index contributed by atoms with van der Waals surface area (Å²) in [5.41, 5.74) is 0.676. The van der Waals surface area contributed by atoms with Gasteiger partial charge in [-0.1, -0.05) is 64.1 Å². The van der Waals surface area contributed by atoms with E-state index < -0.39 is 11.9 Å². The molecule has 0 saturated heterocycles. The number of benzene rings is 2. The molecule has 0 bridgehead atoms. The third-order valence-electron chi connectivity index (χ3n) is 3.79. The van der Waals surface area contributed by atoms with Gasteiger partial charge < -0.3 is 9.47 Å². The number of hydrogen-bond acceptors (Lipinski definition) is 4. The van der Waals surface area contributed by atoms with Crippen LogP contribution < -0.4 is 9.47 Å². The van der Waals surface area contributed by atoms with Gasteiger partial charge in [-0.05, 0) is 36.1 Å². The number of carbonyl (C=O) groups is 2. The summed E-state index contributed by atoms with van der Waals surface area (Å²) in [6.07, 6.45) is 0. The predicted octanol–water partition coefficient (Wildman–Crippen LogP) is 4.81. The van der Waals surface area contributed by atoms with Crippen molar-refractivity contribution >= 4 is 11.9 Å². The van der Waals surface area contributed by atoms with Gasteiger partial charge in [-0.2, -0.15) is 0 Å². The van der Waals surface area contributed by atoms with Crippen LogP contribution in [0.3, 0.4) is 0 Å². The summed E-state index contributed by atoms with van der Waals surface area (Å²) in [7, 11) is 0. The van der Waals surface area contributed by atoms with Crippen molar-refractivity contribution in [2.45, 2.75) is 27.7 Å². The van der Waals surface area contributed by atoms with Crippen LogP contribution in [0.2, 0.25) is 0 Å². The minimum atomic E-state index is -0.528. The van der Waals surface area contributed by atoms with Gasteiger partial charge in [0, 0.05) is 0 Å². The van der Waals surface area contributed by atoms with Crippen molar-refractivity contribution < 1.29 is 19.1 Å². The second-order valence-electron chi connectivity index (χ2n) is 6.54. The first-order valence-electron chi connectivity index (χ1n) is 8.68. The van der Waals surface area contributed by atoms with Crippen LogP contribution in [0, 0.1) is 11.8 Å². The van der Waals surface area contributed by atoms with Crippen molar-refractivity contribution in [2.24, 2.45) is 11.8 Å². The van der Waals surface area contributed by atoms with Crippen LogP contribution in [0.1, 0.15) is 27.7 Å². The molecule has 4 nitrogen and oxygen atoms in total. The Morgan fingerprint density at radius 1 is 0.615 bits per heavy atom. The van der Waals surface area contributed by atoms with Crippen molar-refractivity contribution in [3.8, 4) is 11.5 Å². The number of carbonyl (C=O) groups excluding carboxylic acids is 2. The molecule has 0 spiro atoms. The van der Waals surface area contributed by atoms with Crippen molar-refractivity contribution in [2.75, 3.05) is 0 Å². The lowest BCUT2D eigenvalue weighted by Gasteiger charge is -2.19. The molecular formula is C22H24O4. The number of rotatable bonds is 6. The van der Waals surface area contributed by atoms with E-state index >= 15 is 0 Å². The fourth-order valence-corrected chi connectivity index (χ4v) is 2.61. The molecule has 0 aliphatic carbocycles. The van der Waals surface area contributed by atoms with Gasteiger partial charge in [-0.15, -0.1) is 0 Å². The second kappa shape index (κ2) is 8.99. The Morgan fingerprint density at radius 2 is 0.923 bits per heavy atom. The maximum atomic E-state index is 12.8. The molecule has 0 heterocycles. The van der Waals surface area contributed by atoms with Gasteiger partial charge in [-0.25, -0.2) is 9.59 Å². The number of esters is 2. The molecule has 0 aromatic heterocycles. The topological polar surface area (TPSA) is 52.6 Å². The van der Waals surface area contributed by atoms with Crippen LogP contribution in [0.25, 0.3) is 0 Å². The Morgan fingerprint density at radius 3 is 1.19 bits per heavy atom. The van der Waals surface area contributed by atoms with Crippen LogP contribution in [0.15, 0.2) is 71.8 Å². The normalized spacial score (nSPS) is 11.9. The zero-order valence-electron chi connectivity index (χ0n) is 15.6. The van der Waals surface area contributed by atoms with Crippen molar-refractivity contribution in [1.29, 1.82) is 0 Å². The molecule has 0 atom stereocenters. The third-order valence-corrected chi connectivity index (χ3v) is 3.79. The molecule has 0 unspecified atom stereocenters. The number of para-hydroxylation sites is 2. The first-order valence-corrected chi connectivity index (χ1v) is 8.68. The lowest BCUT2D eigenvalue weighted by atomic mass is 9.90. The van der Waals surface area contributed by atoms with E-state index in [2.05, 4.69) is 0 Å². The van der Waals surface area contributed by atoms with Crippen molar-refractivity contribution in [3.63, 3.8) is 0 Å². The highest BCUT2D eigenvalue weighted by Gasteiger charge is 2.28. The Bertz CT molecular complexity index is 707. The number of ether oxygens (including phenoxy) is 2. The van der Waals surface area contributed by atoms with Crippen LogP contribution in [-0.2, 0) is 9.59 Å². The summed E-state index contributed by atoms with van der Waals surface area (Å²) < 4.78 is 10.9. The van der Waals surface area contributed by atoms with Crippen LogP contribution in [-0.4, -0.2) is 11.9 Å². The maximum absolute atomic E-state index is 12.8. The molecule has 2 rings (SSSR count). The van der Waals surface area contributed by atoms with E-state index in [9.17, 15) is 9.59 Å².